The zero-order valence-corrected chi connectivity index (χ0v) is 16.1. The fourth-order valence-electron chi connectivity index (χ4n) is 3.12. The first kappa shape index (κ1) is 18.6. The van der Waals surface area contributed by atoms with Crippen LogP contribution in [-0.2, 0) is 13.0 Å². The van der Waals surface area contributed by atoms with Crippen molar-refractivity contribution in [3.63, 3.8) is 0 Å². The van der Waals surface area contributed by atoms with Crippen molar-refractivity contribution < 1.29 is 4.79 Å². The highest BCUT2D eigenvalue weighted by atomic mass is 16.2. The fourth-order valence-corrected chi connectivity index (χ4v) is 3.12. The van der Waals surface area contributed by atoms with E-state index in [4.69, 9.17) is 0 Å². The van der Waals surface area contributed by atoms with Crippen LogP contribution >= 0.6 is 0 Å². The van der Waals surface area contributed by atoms with E-state index in [1.165, 1.54) is 5.56 Å². The van der Waals surface area contributed by atoms with Crippen LogP contribution in [0.25, 0.3) is 16.9 Å². The molecule has 4 rings (SSSR count). The number of aryl methyl sites for hydroxylation is 1. The number of nitrogens with one attached hydrogen (secondary N) is 1. The van der Waals surface area contributed by atoms with E-state index in [9.17, 15) is 4.79 Å². The van der Waals surface area contributed by atoms with Crippen LogP contribution in [-0.4, -0.2) is 25.9 Å². The summed E-state index contributed by atoms with van der Waals surface area (Å²) in [7, 11) is 0. The maximum Gasteiger partial charge on any atom is 0.274 e. The van der Waals surface area contributed by atoms with Gasteiger partial charge in [-0.05, 0) is 41.8 Å². The Balaban J connectivity index is 1.70. The van der Waals surface area contributed by atoms with Gasteiger partial charge in [0.1, 0.15) is 5.69 Å². The molecule has 0 fully saturated rings. The monoisotopic (exact) mass is 383 g/mol. The summed E-state index contributed by atoms with van der Waals surface area (Å²) in [5, 5.41) is 11.4. The molecule has 0 unspecified atom stereocenters. The molecule has 0 aliphatic carbocycles. The standard InChI is InChI=1S/C23H21N5O/c1-2-17-8-10-20(11-9-17)28-22(19-12-14-24-15-13-19)21(26-27-28)23(29)25-16-18-6-4-3-5-7-18/h3-15H,2,16H2,1H3,(H,25,29). The lowest BCUT2D eigenvalue weighted by Gasteiger charge is -2.09. The molecule has 0 bridgehead atoms. The van der Waals surface area contributed by atoms with E-state index in [0.29, 0.717) is 12.2 Å². The molecule has 6 nitrogen and oxygen atoms in total. The number of amides is 1. The van der Waals surface area contributed by atoms with Crippen molar-refractivity contribution in [3.05, 3.63) is 95.9 Å². The number of nitrogens with zero attached hydrogens (tertiary/aromatic N) is 4. The topological polar surface area (TPSA) is 72.7 Å². The van der Waals surface area contributed by atoms with Gasteiger partial charge in [0.25, 0.3) is 5.91 Å². The van der Waals surface area contributed by atoms with Crippen molar-refractivity contribution in [3.8, 4) is 16.9 Å². The molecule has 1 N–H and O–H groups in total. The summed E-state index contributed by atoms with van der Waals surface area (Å²) in [6.07, 6.45) is 4.35. The summed E-state index contributed by atoms with van der Waals surface area (Å²) in [6, 6.07) is 21.6. The molecule has 1 amide bonds. The average molecular weight is 383 g/mol. The number of benzene rings is 2. The molecule has 4 aromatic rings. The van der Waals surface area contributed by atoms with Gasteiger partial charge < -0.3 is 5.32 Å². The van der Waals surface area contributed by atoms with Crippen LogP contribution < -0.4 is 5.32 Å². The molecule has 2 aromatic heterocycles. The first-order chi connectivity index (χ1) is 14.3. The Kier molecular flexibility index (Phi) is 5.42. The minimum Gasteiger partial charge on any atom is -0.346 e. The molecule has 0 radical (unpaired) electrons. The highest BCUT2D eigenvalue weighted by Crippen LogP contribution is 2.25. The van der Waals surface area contributed by atoms with Gasteiger partial charge >= 0.3 is 0 Å². The van der Waals surface area contributed by atoms with E-state index in [0.717, 1.165) is 23.2 Å². The van der Waals surface area contributed by atoms with Crippen LogP contribution in [0.5, 0.6) is 0 Å². The third-order valence-electron chi connectivity index (χ3n) is 4.72. The highest BCUT2D eigenvalue weighted by molar-refractivity contribution is 5.98. The summed E-state index contributed by atoms with van der Waals surface area (Å²) in [4.78, 5) is 17.0. The van der Waals surface area contributed by atoms with Crippen molar-refractivity contribution in [1.82, 2.24) is 25.3 Å². The summed E-state index contributed by atoms with van der Waals surface area (Å²) >= 11 is 0. The van der Waals surface area contributed by atoms with E-state index in [2.05, 4.69) is 39.7 Å². The van der Waals surface area contributed by atoms with Crippen molar-refractivity contribution in [2.24, 2.45) is 0 Å². The Morgan fingerprint density at radius 2 is 1.66 bits per heavy atom. The Bertz CT molecular complexity index is 1090. The second-order valence-corrected chi connectivity index (χ2v) is 6.62. The number of pyridine rings is 1. The van der Waals surface area contributed by atoms with Gasteiger partial charge in [-0.25, -0.2) is 4.68 Å². The van der Waals surface area contributed by atoms with E-state index in [1.807, 2.05) is 54.6 Å². The number of aromatic nitrogens is 4. The van der Waals surface area contributed by atoms with Crippen LogP contribution in [0.1, 0.15) is 28.5 Å². The van der Waals surface area contributed by atoms with Gasteiger partial charge in [-0.15, -0.1) is 5.10 Å². The summed E-state index contributed by atoms with van der Waals surface area (Å²) in [5.41, 5.74) is 4.86. The smallest absolute Gasteiger partial charge is 0.274 e. The molecule has 29 heavy (non-hydrogen) atoms. The second-order valence-electron chi connectivity index (χ2n) is 6.62. The lowest BCUT2D eigenvalue weighted by molar-refractivity contribution is 0.0946. The van der Waals surface area contributed by atoms with Gasteiger partial charge in [0.2, 0.25) is 0 Å². The number of rotatable bonds is 6. The van der Waals surface area contributed by atoms with Gasteiger partial charge in [-0.3, -0.25) is 9.78 Å². The molecule has 0 spiro atoms. The minimum absolute atomic E-state index is 0.267. The SMILES string of the molecule is CCc1ccc(-n2nnc(C(=O)NCc3ccccc3)c2-c2ccncc2)cc1. The maximum atomic E-state index is 12.9. The molecule has 0 saturated carbocycles. The zero-order valence-electron chi connectivity index (χ0n) is 16.1. The van der Waals surface area contributed by atoms with E-state index < -0.39 is 0 Å². The number of carbonyl (C=O) groups is 1. The van der Waals surface area contributed by atoms with E-state index in [1.54, 1.807) is 17.1 Å². The van der Waals surface area contributed by atoms with Gasteiger partial charge in [0.15, 0.2) is 5.69 Å². The van der Waals surface area contributed by atoms with Crippen molar-refractivity contribution >= 4 is 5.91 Å². The Morgan fingerprint density at radius 1 is 0.931 bits per heavy atom. The lowest BCUT2D eigenvalue weighted by atomic mass is 10.1. The van der Waals surface area contributed by atoms with Crippen molar-refractivity contribution in [2.45, 2.75) is 19.9 Å². The molecule has 2 heterocycles. The average Bonchev–Trinajstić information content (AvgIpc) is 3.24. The van der Waals surface area contributed by atoms with Crippen molar-refractivity contribution in [2.75, 3.05) is 0 Å². The Labute approximate surface area is 169 Å². The predicted molar refractivity (Wildman–Crippen MR) is 112 cm³/mol. The van der Waals surface area contributed by atoms with Crippen LogP contribution in [0.3, 0.4) is 0 Å². The molecule has 144 valence electrons. The van der Waals surface area contributed by atoms with Gasteiger partial charge in [0.05, 0.1) is 5.69 Å². The summed E-state index contributed by atoms with van der Waals surface area (Å²) in [5.74, 6) is -0.267. The second kappa shape index (κ2) is 8.48. The quantitative estimate of drug-likeness (QED) is 0.549. The Morgan fingerprint density at radius 3 is 2.34 bits per heavy atom. The van der Waals surface area contributed by atoms with Crippen LogP contribution in [0.2, 0.25) is 0 Å². The van der Waals surface area contributed by atoms with Crippen LogP contribution in [0.4, 0.5) is 0 Å². The zero-order chi connectivity index (χ0) is 20.1. The largest absolute Gasteiger partial charge is 0.346 e. The number of carbonyl (C=O) groups excluding carboxylic acids is 1. The number of hydrogen-bond acceptors (Lipinski definition) is 4. The third kappa shape index (κ3) is 4.06. The summed E-state index contributed by atoms with van der Waals surface area (Å²) in [6.45, 7) is 2.54. The van der Waals surface area contributed by atoms with Gasteiger partial charge in [-0.2, -0.15) is 0 Å². The molecule has 0 saturated heterocycles. The minimum atomic E-state index is -0.267. The van der Waals surface area contributed by atoms with E-state index >= 15 is 0 Å². The highest BCUT2D eigenvalue weighted by Gasteiger charge is 2.22. The molecular formula is C23H21N5O. The van der Waals surface area contributed by atoms with Crippen molar-refractivity contribution in [1.29, 1.82) is 0 Å². The predicted octanol–water partition coefficient (Wildman–Crippen LogP) is 3.82. The summed E-state index contributed by atoms with van der Waals surface area (Å²) < 4.78 is 1.70. The molecule has 0 aliphatic heterocycles. The van der Waals surface area contributed by atoms with E-state index in [-0.39, 0.29) is 11.6 Å². The van der Waals surface area contributed by atoms with Crippen LogP contribution in [0.15, 0.2) is 79.1 Å². The Hall–Kier alpha value is -3.80. The molecular weight excluding hydrogens is 362 g/mol. The van der Waals surface area contributed by atoms with Crippen LogP contribution in [0, 0.1) is 0 Å². The van der Waals surface area contributed by atoms with Gasteiger partial charge in [-0.1, -0.05) is 54.6 Å². The maximum absolute atomic E-state index is 12.9. The van der Waals surface area contributed by atoms with Gasteiger partial charge in [0, 0.05) is 24.5 Å². The first-order valence-electron chi connectivity index (χ1n) is 9.54. The lowest BCUT2D eigenvalue weighted by Crippen LogP contribution is -2.24. The molecule has 2 aromatic carbocycles. The normalized spacial score (nSPS) is 10.7. The third-order valence-corrected chi connectivity index (χ3v) is 4.72. The number of hydrogen-bond donors (Lipinski definition) is 1. The molecule has 0 aliphatic rings. The molecule has 0 atom stereocenters. The first-order valence-corrected chi connectivity index (χ1v) is 9.54. The molecule has 6 heteroatoms. The fraction of sp³-hybridized carbons (Fsp3) is 0.130.